The summed E-state index contributed by atoms with van der Waals surface area (Å²) in [6, 6.07) is 9.68. The van der Waals surface area contributed by atoms with Crippen molar-refractivity contribution in [3.8, 4) is 0 Å². The maximum atomic E-state index is 11.8. The molecule has 1 rings (SSSR count). The highest BCUT2D eigenvalue weighted by Gasteiger charge is 2.09. The summed E-state index contributed by atoms with van der Waals surface area (Å²) in [4.78, 5) is 11.8. The number of carbonyl (C=O) groups is 1. The second kappa shape index (κ2) is 9.13. The lowest BCUT2D eigenvalue weighted by molar-refractivity contribution is -0.147. The summed E-state index contributed by atoms with van der Waals surface area (Å²) in [6.07, 6.45) is 7.09. The largest absolute Gasteiger partial charge is 0.462 e. The Hall–Kier alpha value is -1.83. The monoisotopic (exact) mass is 272 g/mol. The summed E-state index contributed by atoms with van der Waals surface area (Å²) in [5, 5.41) is 0. The Morgan fingerprint density at radius 2 is 2.05 bits per heavy atom. The fraction of sp³-hybridized carbons (Fsp3) is 0.389. The average Bonchev–Trinajstić information content (AvgIpc) is 2.39. The zero-order valence-corrected chi connectivity index (χ0v) is 12.5. The number of esters is 1. The van der Waals surface area contributed by atoms with Crippen LogP contribution >= 0.6 is 0 Å². The van der Waals surface area contributed by atoms with Gasteiger partial charge in [-0.1, -0.05) is 48.1 Å². The van der Waals surface area contributed by atoms with Crippen LogP contribution in [-0.4, -0.2) is 12.1 Å². The van der Waals surface area contributed by atoms with Gasteiger partial charge in [0.25, 0.3) is 0 Å². The molecule has 1 unspecified atom stereocenters. The Morgan fingerprint density at radius 3 is 2.70 bits per heavy atom. The SMILES string of the molecule is C=CC/C(C)=C/CCC(C)OC(=O)Cc1ccccc1. The second-order valence-corrected chi connectivity index (χ2v) is 5.08. The molecule has 0 N–H and O–H groups in total. The molecule has 1 aromatic rings. The van der Waals surface area contributed by atoms with Crippen molar-refractivity contribution in [2.24, 2.45) is 0 Å². The third kappa shape index (κ3) is 6.93. The van der Waals surface area contributed by atoms with Gasteiger partial charge in [-0.05, 0) is 38.7 Å². The van der Waals surface area contributed by atoms with E-state index in [1.165, 1.54) is 5.57 Å². The van der Waals surface area contributed by atoms with Gasteiger partial charge >= 0.3 is 5.97 Å². The lowest BCUT2D eigenvalue weighted by Gasteiger charge is -2.12. The molecule has 0 aromatic heterocycles. The first-order valence-corrected chi connectivity index (χ1v) is 7.11. The molecule has 0 fully saturated rings. The lowest BCUT2D eigenvalue weighted by atomic mass is 10.1. The van der Waals surface area contributed by atoms with E-state index in [-0.39, 0.29) is 12.1 Å². The van der Waals surface area contributed by atoms with Crippen LogP contribution in [0.5, 0.6) is 0 Å². The van der Waals surface area contributed by atoms with E-state index < -0.39 is 0 Å². The minimum atomic E-state index is -0.157. The van der Waals surface area contributed by atoms with E-state index in [1.54, 1.807) is 0 Å². The Morgan fingerprint density at radius 1 is 1.35 bits per heavy atom. The van der Waals surface area contributed by atoms with Gasteiger partial charge < -0.3 is 4.74 Å². The zero-order valence-electron chi connectivity index (χ0n) is 12.5. The zero-order chi connectivity index (χ0) is 14.8. The van der Waals surface area contributed by atoms with Gasteiger partial charge in [-0.15, -0.1) is 6.58 Å². The molecule has 0 radical (unpaired) electrons. The average molecular weight is 272 g/mol. The Labute approximate surface area is 122 Å². The van der Waals surface area contributed by atoms with E-state index in [2.05, 4.69) is 19.6 Å². The van der Waals surface area contributed by atoms with Crippen molar-refractivity contribution in [3.63, 3.8) is 0 Å². The highest BCUT2D eigenvalue weighted by molar-refractivity contribution is 5.72. The standard InChI is InChI=1S/C18H24O2/c1-4-9-15(2)10-8-11-16(3)20-18(19)14-17-12-6-5-7-13-17/h4-7,10,12-13,16H,1,8-9,11,14H2,2-3H3/b15-10+. The van der Waals surface area contributed by atoms with Gasteiger partial charge in [0, 0.05) is 0 Å². The molecule has 0 aliphatic rings. The normalized spacial score (nSPS) is 12.8. The van der Waals surface area contributed by atoms with Gasteiger partial charge in [-0.2, -0.15) is 0 Å². The predicted octanol–water partition coefficient (Wildman–Crippen LogP) is 4.46. The van der Waals surface area contributed by atoms with Crippen molar-refractivity contribution in [1.82, 2.24) is 0 Å². The predicted molar refractivity (Wildman–Crippen MR) is 83.5 cm³/mol. The van der Waals surface area contributed by atoms with E-state index in [0.717, 1.165) is 24.8 Å². The number of hydrogen-bond acceptors (Lipinski definition) is 2. The highest BCUT2D eigenvalue weighted by Crippen LogP contribution is 2.09. The van der Waals surface area contributed by atoms with Crippen molar-refractivity contribution in [1.29, 1.82) is 0 Å². The van der Waals surface area contributed by atoms with Crippen molar-refractivity contribution < 1.29 is 9.53 Å². The molecule has 2 nitrogen and oxygen atoms in total. The molecule has 1 atom stereocenters. The van der Waals surface area contributed by atoms with Crippen LogP contribution in [0.25, 0.3) is 0 Å². The minimum Gasteiger partial charge on any atom is -0.462 e. The molecule has 0 heterocycles. The smallest absolute Gasteiger partial charge is 0.310 e. The molecule has 20 heavy (non-hydrogen) atoms. The van der Waals surface area contributed by atoms with Gasteiger partial charge in [0.15, 0.2) is 0 Å². The molecule has 0 bridgehead atoms. The second-order valence-electron chi connectivity index (χ2n) is 5.08. The summed E-state index contributed by atoms with van der Waals surface area (Å²) >= 11 is 0. The summed E-state index contributed by atoms with van der Waals surface area (Å²) in [5.74, 6) is -0.157. The highest BCUT2D eigenvalue weighted by atomic mass is 16.5. The molecule has 2 heteroatoms. The van der Waals surface area contributed by atoms with Crippen LogP contribution in [-0.2, 0) is 16.0 Å². The molecule has 0 spiro atoms. The topological polar surface area (TPSA) is 26.3 Å². The van der Waals surface area contributed by atoms with E-state index >= 15 is 0 Å². The van der Waals surface area contributed by atoms with E-state index in [1.807, 2.05) is 43.3 Å². The molecule has 1 aromatic carbocycles. The van der Waals surface area contributed by atoms with Gasteiger partial charge in [0.2, 0.25) is 0 Å². The van der Waals surface area contributed by atoms with Crippen LogP contribution in [0.2, 0.25) is 0 Å². The van der Waals surface area contributed by atoms with Crippen LogP contribution in [0.4, 0.5) is 0 Å². The molecular formula is C18H24O2. The van der Waals surface area contributed by atoms with Crippen LogP contribution < -0.4 is 0 Å². The van der Waals surface area contributed by atoms with E-state index in [9.17, 15) is 4.79 Å². The van der Waals surface area contributed by atoms with Crippen molar-refractivity contribution >= 4 is 5.97 Å². The van der Waals surface area contributed by atoms with Gasteiger partial charge in [0.05, 0.1) is 12.5 Å². The van der Waals surface area contributed by atoms with Gasteiger partial charge in [-0.25, -0.2) is 0 Å². The van der Waals surface area contributed by atoms with Crippen LogP contribution in [0, 0.1) is 0 Å². The Kier molecular flexibility index (Phi) is 7.41. The first-order valence-electron chi connectivity index (χ1n) is 7.11. The van der Waals surface area contributed by atoms with Crippen LogP contribution in [0.3, 0.4) is 0 Å². The van der Waals surface area contributed by atoms with Crippen LogP contribution in [0.1, 0.15) is 38.7 Å². The van der Waals surface area contributed by atoms with Crippen molar-refractivity contribution in [2.75, 3.05) is 0 Å². The summed E-state index contributed by atoms with van der Waals surface area (Å²) < 4.78 is 5.41. The first kappa shape index (κ1) is 16.2. The Balaban J connectivity index is 2.28. The fourth-order valence-electron chi connectivity index (χ4n) is 1.96. The summed E-state index contributed by atoms with van der Waals surface area (Å²) in [5.41, 5.74) is 2.30. The number of rotatable bonds is 8. The maximum Gasteiger partial charge on any atom is 0.310 e. The molecule has 108 valence electrons. The molecule has 0 amide bonds. The summed E-state index contributed by atoms with van der Waals surface area (Å²) in [6.45, 7) is 7.75. The third-order valence-electron chi connectivity index (χ3n) is 3.06. The van der Waals surface area contributed by atoms with Gasteiger partial charge in [0.1, 0.15) is 0 Å². The number of allylic oxidation sites excluding steroid dienone is 3. The fourth-order valence-corrected chi connectivity index (χ4v) is 1.96. The third-order valence-corrected chi connectivity index (χ3v) is 3.06. The van der Waals surface area contributed by atoms with E-state index in [0.29, 0.717) is 6.42 Å². The quantitative estimate of drug-likeness (QED) is 0.516. The molecule has 0 aliphatic heterocycles. The van der Waals surface area contributed by atoms with Crippen molar-refractivity contribution in [3.05, 3.63) is 60.2 Å². The molecule has 0 saturated heterocycles. The number of hydrogen-bond donors (Lipinski definition) is 0. The first-order chi connectivity index (χ1) is 9.61. The number of ether oxygens (including phenoxy) is 1. The van der Waals surface area contributed by atoms with Crippen molar-refractivity contribution in [2.45, 2.75) is 45.6 Å². The number of carbonyl (C=O) groups excluding carboxylic acids is 1. The Bertz CT molecular complexity index is 446. The van der Waals surface area contributed by atoms with Crippen LogP contribution in [0.15, 0.2) is 54.6 Å². The lowest BCUT2D eigenvalue weighted by Crippen LogP contribution is -2.16. The molecular weight excluding hydrogens is 248 g/mol. The molecule has 0 aliphatic carbocycles. The van der Waals surface area contributed by atoms with E-state index in [4.69, 9.17) is 4.74 Å². The molecule has 0 saturated carbocycles. The maximum absolute atomic E-state index is 11.8. The summed E-state index contributed by atoms with van der Waals surface area (Å²) in [7, 11) is 0. The number of benzene rings is 1. The van der Waals surface area contributed by atoms with Gasteiger partial charge in [-0.3, -0.25) is 4.79 Å². The minimum absolute atomic E-state index is 0.0426.